The quantitative estimate of drug-likeness (QED) is 0.136. The lowest BCUT2D eigenvalue weighted by atomic mass is 9.75. The maximum Gasteiger partial charge on any atom is 0.135 e. The molecule has 1 aliphatic heterocycles. The third-order valence-corrected chi connectivity index (χ3v) is 12.8. The Balaban J connectivity index is 1.10. The van der Waals surface area contributed by atoms with Crippen LogP contribution in [0.5, 0.6) is 5.75 Å². The highest BCUT2D eigenvalue weighted by Gasteiger charge is 2.44. The van der Waals surface area contributed by atoms with Crippen LogP contribution >= 0.6 is 0 Å². The molecule has 300 valence electrons. The smallest absolute Gasteiger partial charge is 0.135 e. The van der Waals surface area contributed by atoms with Crippen molar-refractivity contribution in [3.63, 3.8) is 0 Å². The zero-order valence-corrected chi connectivity index (χ0v) is 35.2. The number of rotatable bonds is 9. The van der Waals surface area contributed by atoms with Crippen LogP contribution in [-0.2, 0) is 5.41 Å². The lowest BCUT2D eigenvalue weighted by molar-refractivity contribution is 0.227. The third kappa shape index (κ3) is 6.13. The minimum atomic E-state index is -0.260. The molecule has 0 N–H and O–H groups in total. The van der Waals surface area contributed by atoms with Crippen molar-refractivity contribution in [2.45, 2.75) is 32.3 Å². The molecule has 2 aliphatic rings. The first-order valence-corrected chi connectivity index (χ1v) is 21.4. The lowest BCUT2D eigenvalue weighted by Gasteiger charge is -2.31. The fraction of sp³-hybridized carbons (Fsp3) is 0.103. The van der Waals surface area contributed by atoms with Crippen molar-refractivity contribution in [1.82, 2.24) is 0 Å². The topological polar surface area (TPSA) is 28.9 Å². The Morgan fingerprint density at radius 1 is 0.629 bits per heavy atom. The van der Waals surface area contributed by atoms with E-state index in [2.05, 4.69) is 219 Å². The maximum atomic E-state index is 6.55. The van der Waals surface area contributed by atoms with Gasteiger partial charge >= 0.3 is 0 Å². The van der Waals surface area contributed by atoms with Gasteiger partial charge in [0.1, 0.15) is 23.2 Å². The zero-order chi connectivity index (χ0) is 42.0. The molecule has 9 aromatic rings. The molecular formula is C58H46N2O2. The Bertz CT molecular complexity index is 3320. The SMILES string of the molecule is C=Cc1c(/C=C\CN(c2ccccc2)c2cc3c4ccccc4c(N(c4ccccc4)c4ccc5c(c4)C4(C)C=C(C)C=CC4O5)cc3c3ccccc23)oc2ccc(C)cc12. The van der Waals surface area contributed by atoms with Gasteiger partial charge in [0.15, 0.2) is 0 Å². The second kappa shape index (κ2) is 14.9. The summed E-state index contributed by atoms with van der Waals surface area (Å²) < 4.78 is 12.9. The first-order valence-electron chi connectivity index (χ1n) is 21.4. The van der Waals surface area contributed by atoms with E-state index in [1.54, 1.807) is 0 Å². The number of benzene rings is 8. The molecule has 0 spiro atoms. The van der Waals surface area contributed by atoms with Gasteiger partial charge in [0.25, 0.3) is 0 Å². The molecule has 0 radical (unpaired) electrons. The monoisotopic (exact) mass is 802 g/mol. The van der Waals surface area contributed by atoms with Crippen molar-refractivity contribution in [2.75, 3.05) is 16.3 Å². The van der Waals surface area contributed by atoms with Crippen molar-refractivity contribution in [3.05, 3.63) is 217 Å². The minimum absolute atomic E-state index is 0.0335. The van der Waals surface area contributed by atoms with E-state index >= 15 is 0 Å². The van der Waals surface area contributed by atoms with Crippen molar-refractivity contribution >= 4 is 83.9 Å². The van der Waals surface area contributed by atoms with Gasteiger partial charge in [-0.2, -0.15) is 0 Å². The molecule has 8 aromatic carbocycles. The number of fused-ring (bicyclic) bond motifs is 9. The summed E-state index contributed by atoms with van der Waals surface area (Å²) in [7, 11) is 0. The standard InChI is InChI=1S/C58H46N2O2/c1-5-43-50-33-38(2)26-29-55(50)61-54(43)25-16-32-59(40-17-8-6-9-18-40)52-35-48-45-22-13-15-24-47(45)53(36-49(48)44-21-12-14-23-46(44)52)60(41-19-10-7-11-20-41)42-28-30-56-51(34-42)58(4)37-39(3)27-31-57(58)62-56/h5-31,33-37,57H,1,32H2,2-4H3/b25-16-. The van der Waals surface area contributed by atoms with Crippen LogP contribution < -0.4 is 14.5 Å². The first-order chi connectivity index (χ1) is 30.4. The molecule has 0 amide bonds. The fourth-order valence-corrected chi connectivity index (χ4v) is 9.88. The number of nitrogens with zero attached hydrogens (tertiary/aromatic N) is 2. The molecule has 0 fully saturated rings. The molecular weight excluding hydrogens is 757 g/mol. The number of ether oxygens (including phenoxy) is 1. The number of allylic oxidation sites excluding steroid dienone is 2. The van der Waals surface area contributed by atoms with Crippen molar-refractivity contribution in [2.24, 2.45) is 0 Å². The lowest BCUT2D eigenvalue weighted by Crippen LogP contribution is -2.33. The van der Waals surface area contributed by atoms with E-state index < -0.39 is 0 Å². The number of aryl methyl sites for hydroxylation is 1. The predicted molar refractivity (Wildman–Crippen MR) is 262 cm³/mol. The summed E-state index contributed by atoms with van der Waals surface area (Å²) in [5.74, 6) is 1.75. The molecule has 0 saturated heterocycles. The van der Waals surface area contributed by atoms with Gasteiger partial charge < -0.3 is 19.0 Å². The minimum Gasteiger partial charge on any atom is -0.485 e. The van der Waals surface area contributed by atoms with Gasteiger partial charge in [-0.3, -0.25) is 0 Å². The molecule has 62 heavy (non-hydrogen) atoms. The van der Waals surface area contributed by atoms with E-state index in [1.807, 2.05) is 12.1 Å². The number of hydrogen-bond acceptors (Lipinski definition) is 4. The van der Waals surface area contributed by atoms with Crippen LogP contribution in [0.2, 0.25) is 0 Å². The molecule has 1 aromatic heterocycles. The van der Waals surface area contributed by atoms with Crippen LogP contribution in [0.1, 0.15) is 36.3 Å². The van der Waals surface area contributed by atoms with E-state index in [-0.39, 0.29) is 11.5 Å². The summed E-state index contributed by atoms with van der Waals surface area (Å²) in [4.78, 5) is 4.84. The molecule has 4 nitrogen and oxygen atoms in total. The first kappa shape index (κ1) is 37.4. The molecule has 11 rings (SSSR count). The van der Waals surface area contributed by atoms with E-state index in [1.165, 1.54) is 49.0 Å². The van der Waals surface area contributed by atoms with E-state index in [9.17, 15) is 0 Å². The van der Waals surface area contributed by atoms with Gasteiger partial charge in [-0.25, -0.2) is 0 Å². The number of para-hydroxylation sites is 2. The second-order valence-electron chi connectivity index (χ2n) is 16.8. The van der Waals surface area contributed by atoms with Gasteiger partial charge in [0.05, 0.1) is 11.1 Å². The Morgan fingerprint density at radius 2 is 1.27 bits per heavy atom. The summed E-state index contributed by atoms with van der Waals surface area (Å²) in [6.07, 6.45) is 12.9. The Labute approximate surface area is 362 Å². The number of furan rings is 1. The highest BCUT2D eigenvalue weighted by atomic mass is 16.5. The Kier molecular flexibility index (Phi) is 8.97. The maximum absolute atomic E-state index is 6.55. The highest BCUT2D eigenvalue weighted by molar-refractivity contribution is 6.24. The number of anilines is 5. The van der Waals surface area contributed by atoms with Crippen LogP contribution in [0.4, 0.5) is 28.4 Å². The van der Waals surface area contributed by atoms with Gasteiger partial charge in [-0.05, 0) is 121 Å². The molecule has 4 heteroatoms. The molecule has 1 aliphatic carbocycles. The van der Waals surface area contributed by atoms with Crippen molar-refractivity contribution < 1.29 is 9.15 Å². The summed E-state index contributed by atoms with van der Waals surface area (Å²) in [5.41, 5.74) is 10.8. The van der Waals surface area contributed by atoms with Crippen LogP contribution in [0.25, 0.3) is 55.4 Å². The van der Waals surface area contributed by atoms with Crippen LogP contribution in [0.3, 0.4) is 0 Å². The summed E-state index contributed by atoms with van der Waals surface area (Å²) in [5, 5.41) is 8.21. The van der Waals surface area contributed by atoms with Gasteiger partial charge in [-0.15, -0.1) is 0 Å². The molecule has 2 atom stereocenters. The van der Waals surface area contributed by atoms with E-state index in [0.717, 1.165) is 56.5 Å². The largest absolute Gasteiger partial charge is 0.485 e. The highest BCUT2D eigenvalue weighted by Crippen LogP contribution is 2.51. The number of hydrogen-bond donors (Lipinski definition) is 0. The van der Waals surface area contributed by atoms with Crippen molar-refractivity contribution in [3.8, 4) is 5.75 Å². The summed E-state index contributed by atoms with van der Waals surface area (Å²) in [6, 6.07) is 57.0. The normalized spacial score (nSPS) is 16.8. The Morgan fingerprint density at radius 3 is 1.98 bits per heavy atom. The average molecular weight is 803 g/mol. The Hall–Kier alpha value is -7.56. The van der Waals surface area contributed by atoms with Crippen LogP contribution in [0.15, 0.2) is 199 Å². The second-order valence-corrected chi connectivity index (χ2v) is 16.8. The summed E-state index contributed by atoms with van der Waals surface area (Å²) >= 11 is 0. The predicted octanol–water partition coefficient (Wildman–Crippen LogP) is 15.7. The fourth-order valence-electron chi connectivity index (χ4n) is 9.88. The molecule has 0 saturated carbocycles. The molecule has 2 heterocycles. The van der Waals surface area contributed by atoms with E-state index in [4.69, 9.17) is 9.15 Å². The van der Waals surface area contributed by atoms with Gasteiger partial charge in [0.2, 0.25) is 0 Å². The zero-order valence-electron chi connectivity index (χ0n) is 35.2. The molecule has 0 bridgehead atoms. The van der Waals surface area contributed by atoms with Crippen LogP contribution in [0, 0.1) is 6.92 Å². The molecule has 2 unspecified atom stereocenters. The van der Waals surface area contributed by atoms with Gasteiger partial charge in [-0.1, -0.05) is 133 Å². The van der Waals surface area contributed by atoms with Crippen molar-refractivity contribution in [1.29, 1.82) is 0 Å². The van der Waals surface area contributed by atoms with Gasteiger partial charge in [0, 0.05) is 56.6 Å². The average Bonchev–Trinajstić information content (AvgIpc) is 3.80. The van der Waals surface area contributed by atoms with Crippen LogP contribution in [-0.4, -0.2) is 12.6 Å². The summed E-state index contributed by atoms with van der Waals surface area (Å²) in [6.45, 7) is 11.3. The van der Waals surface area contributed by atoms with E-state index in [0.29, 0.717) is 6.54 Å². The third-order valence-electron chi connectivity index (χ3n) is 12.8.